The van der Waals surface area contributed by atoms with E-state index in [0.717, 1.165) is 18.9 Å². The second kappa shape index (κ2) is 10.5. The third-order valence-corrected chi connectivity index (χ3v) is 7.67. The maximum Gasteiger partial charge on any atom is 0.418 e. The van der Waals surface area contributed by atoms with Crippen LogP contribution in [-0.4, -0.2) is 60.4 Å². The molecule has 10 heteroatoms. The average Bonchev–Trinajstić information content (AvgIpc) is 3.13. The maximum absolute atomic E-state index is 14.1. The first-order valence-corrected chi connectivity index (χ1v) is 12.9. The molecule has 2 amide bonds. The number of nitrogens with one attached hydrogen (secondary N) is 1. The molecular weight excluding hydrogens is 475 g/mol. The highest BCUT2D eigenvalue weighted by Crippen LogP contribution is 2.46. The van der Waals surface area contributed by atoms with Gasteiger partial charge in [0, 0.05) is 37.1 Å². The summed E-state index contributed by atoms with van der Waals surface area (Å²) < 4.78 is 47.3. The Hall–Kier alpha value is -2.49. The van der Waals surface area contributed by atoms with Gasteiger partial charge < -0.3 is 19.6 Å². The molecule has 1 saturated carbocycles. The van der Waals surface area contributed by atoms with Crippen LogP contribution in [0.1, 0.15) is 64.4 Å². The van der Waals surface area contributed by atoms with Gasteiger partial charge in [-0.05, 0) is 69.1 Å². The lowest BCUT2D eigenvalue weighted by Crippen LogP contribution is -2.50. The lowest BCUT2D eigenvalue weighted by atomic mass is 9.78. The summed E-state index contributed by atoms with van der Waals surface area (Å²) in [5.74, 6) is 0.141. The highest BCUT2D eigenvalue weighted by Gasteiger charge is 2.51. The highest BCUT2D eigenvalue weighted by molar-refractivity contribution is 5.87. The quantitative estimate of drug-likeness (QED) is 0.579. The predicted octanol–water partition coefficient (Wildman–Crippen LogP) is 5.03. The molecule has 200 valence electrons. The van der Waals surface area contributed by atoms with Crippen molar-refractivity contribution in [3.8, 4) is 0 Å². The number of hydrogen-bond acceptors (Lipinski definition) is 5. The number of likely N-dealkylation sites (tertiary alicyclic amines) is 1. The van der Waals surface area contributed by atoms with Gasteiger partial charge in [-0.3, -0.25) is 10.1 Å². The molecule has 1 aliphatic carbocycles. The van der Waals surface area contributed by atoms with E-state index in [4.69, 9.17) is 4.74 Å². The molecule has 2 saturated heterocycles. The number of halogens is 3. The second-order valence-corrected chi connectivity index (χ2v) is 10.9. The molecule has 0 unspecified atom stereocenters. The minimum absolute atomic E-state index is 0.00848. The van der Waals surface area contributed by atoms with Crippen LogP contribution in [0.5, 0.6) is 0 Å². The van der Waals surface area contributed by atoms with Crippen molar-refractivity contribution in [1.29, 1.82) is 0 Å². The number of rotatable bonds is 5. The van der Waals surface area contributed by atoms with E-state index in [1.54, 1.807) is 4.90 Å². The summed E-state index contributed by atoms with van der Waals surface area (Å²) in [7, 11) is 0. The van der Waals surface area contributed by atoms with E-state index < -0.39 is 23.2 Å². The molecule has 3 fully saturated rings. The number of piperidine rings is 1. The molecule has 4 rings (SSSR count). The largest absolute Gasteiger partial charge is 0.449 e. The zero-order chi connectivity index (χ0) is 26.1. The summed E-state index contributed by atoms with van der Waals surface area (Å²) in [5, 5.41) is 12.2. The van der Waals surface area contributed by atoms with E-state index in [-0.39, 0.29) is 48.5 Å². The fourth-order valence-corrected chi connectivity index (χ4v) is 5.79. The molecule has 1 atom stereocenters. The third-order valence-electron chi connectivity index (χ3n) is 7.67. The highest BCUT2D eigenvalue weighted by atomic mass is 19.4. The van der Waals surface area contributed by atoms with Crippen molar-refractivity contribution < 1.29 is 32.6 Å². The van der Waals surface area contributed by atoms with Crippen molar-refractivity contribution in [1.82, 2.24) is 4.90 Å². The van der Waals surface area contributed by atoms with E-state index in [9.17, 15) is 27.9 Å². The number of hydrogen-bond donors (Lipinski definition) is 2. The Bertz CT molecular complexity index is 962. The number of aliphatic hydroxyl groups is 1. The minimum Gasteiger partial charge on any atom is -0.449 e. The van der Waals surface area contributed by atoms with Crippen LogP contribution in [-0.2, 0) is 15.7 Å². The lowest BCUT2D eigenvalue weighted by Gasteiger charge is -2.42. The first kappa shape index (κ1) is 26.6. The molecule has 2 N–H and O–H groups in total. The Morgan fingerprint density at radius 3 is 2.58 bits per heavy atom. The SMILES string of the molecule is CC(C)COC(=O)Nc1ccc(N2CCC[C@@]3(CCN([C@H]4CC[C@H](O)CC4)C3=O)C2)c(C(F)(F)F)c1. The zero-order valence-electron chi connectivity index (χ0n) is 20.9. The van der Waals surface area contributed by atoms with Gasteiger partial charge in [-0.25, -0.2) is 4.79 Å². The number of benzene rings is 1. The number of carbonyl (C=O) groups excluding carboxylic acids is 2. The third kappa shape index (κ3) is 5.74. The van der Waals surface area contributed by atoms with Crippen molar-refractivity contribution in [3.63, 3.8) is 0 Å². The number of ether oxygens (including phenoxy) is 1. The van der Waals surface area contributed by atoms with Crippen LogP contribution in [0, 0.1) is 11.3 Å². The zero-order valence-corrected chi connectivity index (χ0v) is 20.9. The van der Waals surface area contributed by atoms with Gasteiger partial charge >= 0.3 is 12.3 Å². The number of amides is 2. The van der Waals surface area contributed by atoms with E-state index in [1.165, 1.54) is 12.1 Å². The van der Waals surface area contributed by atoms with Crippen molar-refractivity contribution in [3.05, 3.63) is 23.8 Å². The topological polar surface area (TPSA) is 82.1 Å². The number of anilines is 2. The number of alkyl halides is 3. The summed E-state index contributed by atoms with van der Waals surface area (Å²) in [5.41, 5.74) is -1.50. The number of carbonyl (C=O) groups is 2. The second-order valence-electron chi connectivity index (χ2n) is 10.9. The molecular formula is C26H36F3N3O4. The minimum atomic E-state index is -4.63. The van der Waals surface area contributed by atoms with Crippen LogP contribution < -0.4 is 10.2 Å². The molecule has 1 aromatic carbocycles. The Morgan fingerprint density at radius 2 is 1.92 bits per heavy atom. The van der Waals surface area contributed by atoms with Gasteiger partial charge in [0.25, 0.3) is 0 Å². The first-order valence-electron chi connectivity index (χ1n) is 12.9. The van der Waals surface area contributed by atoms with E-state index >= 15 is 0 Å². The van der Waals surface area contributed by atoms with Gasteiger partial charge in [-0.2, -0.15) is 13.2 Å². The molecule has 0 aromatic heterocycles. The Balaban J connectivity index is 1.51. The molecule has 2 heterocycles. The van der Waals surface area contributed by atoms with E-state index in [2.05, 4.69) is 5.32 Å². The van der Waals surface area contributed by atoms with E-state index in [1.807, 2.05) is 18.7 Å². The molecule has 36 heavy (non-hydrogen) atoms. The summed E-state index contributed by atoms with van der Waals surface area (Å²) in [4.78, 5) is 29.1. The fraction of sp³-hybridized carbons (Fsp3) is 0.692. The van der Waals surface area contributed by atoms with Crippen LogP contribution >= 0.6 is 0 Å². The van der Waals surface area contributed by atoms with Crippen molar-refractivity contribution in [2.75, 3.05) is 36.5 Å². The van der Waals surface area contributed by atoms with Crippen LogP contribution in [0.15, 0.2) is 18.2 Å². The molecule has 0 radical (unpaired) electrons. The van der Waals surface area contributed by atoms with Crippen molar-refractivity contribution in [2.24, 2.45) is 11.3 Å². The van der Waals surface area contributed by atoms with Gasteiger partial charge in [0.2, 0.25) is 5.91 Å². The van der Waals surface area contributed by atoms with Crippen molar-refractivity contribution in [2.45, 2.75) is 77.1 Å². The van der Waals surface area contributed by atoms with E-state index in [0.29, 0.717) is 45.2 Å². The normalized spacial score (nSPS) is 27.1. The molecule has 0 bridgehead atoms. The van der Waals surface area contributed by atoms with Crippen LogP contribution in [0.4, 0.5) is 29.3 Å². The first-order chi connectivity index (χ1) is 17.0. The number of aliphatic hydroxyl groups excluding tert-OH is 1. The van der Waals surface area contributed by atoms with Gasteiger partial charge in [0.15, 0.2) is 0 Å². The molecule has 2 aliphatic heterocycles. The molecule has 7 nitrogen and oxygen atoms in total. The monoisotopic (exact) mass is 511 g/mol. The summed E-state index contributed by atoms with van der Waals surface area (Å²) in [6.07, 6.45) is -0.946. The Kier molecular flexibility index (Phi) is 7.73. The Labute approximate surface area is 210 Å². The summed E-state index contributed by atoms with van der Waals surface area (Å²) in [6, 6.07) is 3.85. The summed E-state index contributed by atoms with van der Waals surface area (Å²) >= 11 is 0. The summed E-state index contributed by atoms with van der Waals surface area (Å²) in [6.45, 7) is 5.17. The van der Waals surface area contributed by atoms with Gasteiger partial charge in [-0.15, -0.1) is 0 Å². The average molecular weight is 512 g/mol. The molecule has 3 aliphatic rings. The number of nitrogens with zero attached hydrogens (tertiary/aromatic N) is 2. The van der Waals surface area contributed by atoms with Crippen LogP contribution in [0.3, 0.4) is 0 Å². The van der Waals surface area contributed by atoms with Crippen LogP contribution in [0.2, 0.25) is 0 Å². The fourth-order valence-electron chi connectivity index (χ4n) is 5.79. The smallest absolute Gasteiger partial charge is 0.418 e. The standard InChI is InChI=1S/C26H36F3N3O4/c1-17(2)15-36-24(35)30-18-4-9-22(21(14-18)26(27,28)29)31-12-3-10-25(16-31)11-13-32(23(25)34)19-5-7-20(33)8-6-19/h4,9,14,17,19-20,33H,3,5-8,10-13,15-16H2,1-2H3,(H,30,35)/t19-,20-,25-/m1/s1. The maximum atomic E-state index is 14.1. The lowest BCUT2D eigenvalue weighted by molar-refractivity contribution is -0.139. The van der Waals surface area contributed by atoms with Gasteiger partial charge in [0.1, 0.15) is 0 Å². The van der Waals surface area contributed by atoms with Gasteiger partial charge in [0.05, 0.1) is 23.7 Å². The van der Waals surface area contributed by atoms with Crippen LogP contribution in [0.25, 0.3) is 0 Å². The predicted molar refractivity (Wildman–Crippen MR) is 130 cm³/mol. The molecule has 1 spiro atoms. The van der Waals surface area contributed by atoms with Gasteiger partial charge in [-0.1, -0.05) is 13.8 Å². The Morgan fingerprint density at radius 1 is 1.19 bits per heavy atom. The van der Waals surface area contributed by atoms with Crippen molar-refractivity contribution >= 4 is 23.4 Å². The molecule has 1 aromatic rings.